The van der Waals surface area contributed by atoms with Gasteiger partial charge in [-0.2, -0.15) is 0 Å². The fourth-order valence-corrected chi connectivity index (χ4v) is 2.33. The number of aliphatic hydroxyl groups is 1. The second-order valence-corrected chi connectivity index (χ2v) is 4.94. The number of hydrogen-bond acceptors (Lipinski definition) is 3. The molecule has 1 aromatic carbocycles. The molecule has 20 heavy (non-hydrogen) atoms. The molecule has 0 aliphatic carbocycles. The van der Waals surface area contributed by atoms with Crippen molar-refractivity contribution in [1.29, 1.82) is 0 Å². The Labute approximate surface area is 118 Å². The van der Waals surface area contributed by atoms with Gasteiger partial charge >= 0.3 is 0 Å². The summed E-state index contributed by atoms with van der Waals surface area (Å²) in [6, 6.07) is 9.72. The van der Waals surface area contributed by atoms with Gasteiger partial charge in [-0.1, -0.05) is 18.2 Å². The lowest BCUT2D eigenvalue weighted by Gasteiger charge is -2.20. The molecule has 0 bridgehead atoms. The molecule has 5 heteroatoms. The molecular weight excluding hydrogens is 256 g/mol. The number of amides is 1. The summed E-state index contributed by atoms with van der Waals surface area (Å²) in [5.41, 5.74) is 1.63. The van der Waals surface area contributed by atoms with Crippen LogP contribution in [0.15, 0.2) is 30.3 Å². The lowest BCUT2D eigenvalue weighted by atomic mass is 10.2. The lowest BCUT2D eigenvalue weighted by molar-refractivity contribution is 0.0376. The number of benzene rings is 1. The second-order valence-electron chi connectivity index (χ2n) is 4.94. The monoisotopic (exact) mass is 276 g/mol. The minimum absolute atomic E-state index is 0.112. The molecule has 1 unspecified atom stereocenters. The van der Waals surface area contributed by atoms with Crippen LogP contribution in [0.4, 0.5) is 0 Å². The van der Waals surface area contributed by atoms with E-state index >= 15 is 0 Å². The van der Waals surface area contributed by atoms with Crippen molar-refractivity contribution in [3.63, 3.8) is 0 Å². The van der Waals surface area contributed by atoms with Crippen LogP contribution in [0.2, 0.25) is 0 Å². The summed E-state index contributed by atoms with van der Waals surface area (Å²) in [5.74, 6) is -0.112. The quantitative estimate of drug-likeness (QED) is 0.894. The van der Waals surface area contributed by atoms with Gasteiger partial charge in [-0.05, 0) is 12.1 Å². The average molecular weight is 276 g/mol. The summed E-state index contributed by atoms with van der Waals surface area (Å²) >= 11 is 0. The van der Waals surface area contributed by atoms with Crippen molar-refractivity contribution >= 4 is 16.8 Å². The maximum Gasteiger partial charge on any atom is 0.270 e. The van der Waals surface area contributed by atoms with Gasteiger partial charge in [0.05, 0.1) is 12.7 Å². The Morgan fingerprint density at radius 2 is 2.15 bits per heavy atom. The first-order valence-electron chi connectivity index (χ1n) is 6.51. The Morgan fingerprint density at radius 1 is 1.45 bits per heavy atom. The first kappa shape index (κ1) is 14.6. The maximum atomic E-state index is 12.4. The highest BCUT2D eigenvalue weighted by Crippen LogP contribution is 2.19. The van der Waals surface area contributed by atoms with E-state index in [-0.39, 0.29) is 19.1 Å². The number of aromatic nitrogens is 1. The first-order chi connectivity index (χ1) is 9.54. The Hall–Kier alpha value is -1.85. The predicted molar refractivity (Wildman–Crippen MR) is 77.8 cm³/mol. The zero-order valence-electron chi connectivity index (χ0n) is 12.0. The zero-order valence-corrected chi connectivity index (χ0v) is 12.0. The molecule has 0 spiro atoms. The summed E-state index contributed by atoms with van der Waals surface area (Å²) in [5, 5.41) is 10.7. The van der Waals surface area contributed by atoms with E-state index in [9.17, 15) is 9.90 Å². The minimum Gasteiger partial charge on any atom is -0.389 e. The smallest absolute Gasteiger partial charge is 0.270 e. The van der Waals surface area contributed by atoms with E-state index in [1.807, 2.05) is 41.9 Å². The Bertz CT molecular complexity index is 606. The van der Waals surface area contributed by atoms with E-state index in [1.54, 1.807) is 7.05 Å². The van der Waals surface area contributed by atoms with Gasteiger partial charge < -0.3 is 19.3 Å². The molecular formula is C15H20N2O3. The number of para-hydroxylation sites is 1. The standard InChI is InChI=1S/C15H20N2O3/c1-16(9-12(18)10-20-3)15(19)14-8-11-6-4-5-7-13(11)17(14)2/h4-8,12,18H,9-10H2,1-3H3. The van der Waals surface area contributed by atoms with E-state index in [2.05, 4.69) is 0 Å². The molecule has 0 radical (unpaired) electrons. The van der Waals surface area contributed by atoms with E-state index in [0.29, 0.717) is 5.69 Å². The molecule has 5 nitrogen and oxygen atoms in total. The van der Waals surface area contributed by atoms with Crippen molar-refractivity contribution in [2.75, 3.05) is 27.3 Å². The summed E-state index contributed by atoms with van der Waals surface area (Å²) in [7, 11) is 5.07. The van der Waals surface area contributed by atoms with Crippen molar-refractivity contribution in [1.82, 2.24) is 9.47 Å². The molecule has 2 rings (SSSR count). The third-order valence-corrected chi connectivity index (χ3v) is 3.36. The normalized spacial score (nSPS) is 12.6. The van der Waals surface area contributed by atoms with Crippen molar-refractivity contribution in [3.8, 4) is 0 Å². The van der Waals surface area contributed by atoms with Crippen LogP contribution in [-0.2, 0) is 11.8 Å². The van der Waals surface area contributed by atoms with Gasteiger partial charge in [0.1, 0.15) is 5.69 Å². The fourth-order valence-electron chi connectivity index (χ4n) is 2.33. The molecule has 108 valence electrons. The molecule has 1 heterocycles. The van der Waals surface area contributed by atoms with Crippen LogP contribution < -0.4 is 0 Å². The number of rotatable bonds is 5. The van der Waals surface area contributed by atoms with Crippen LogP contribution in [0.25, 0.3) is 10.9 Å². The Morgan fingerprint density at radius 3 is 2.80 bits per heavy atom. The van der Waals surface area contributed by atoms with Gasteiger partial charge in [-0.15, -0.1) is 0 Å². The van der Waals surface area contributed by atoms with E-state index in [1.165, 1.54) is 12.0 Å². The summed E-state index contributed by atoms with van der Waals surface area (Å²) in [6.45, 7) is 0.459. The SMILES string of the molecule is COCC(O)CN(C)C(=O)c1cc2ccccc2n1C. The van der Waals surface area contributed by atoms with Crippen LogP contribution in [0.3, 0.4) is 0 Å². The molecule has 1 aromatic heterocycles. The minimum atomic E-state index is -0.677. The third kappa shape index (κ3) is 2.84. The summed E-state index contributed by atoms with van der Waals surface area (Å²) in [4.78, 5) is 13.9. The van der Waals surface area contributed by atoms with Crippen LogP contribution in [0.5, 0.6) is 0 Å². The molecule has 0 fully saturated rings. The largest absolute Gasteiger partial charge is 0.389 e. The molecule has 2 aromatic rings. The number of nitrogens with zero attached hydrogens (tertiary/aromatic N) is 2. The van der Waals surface area contributed by atoms with Gasteiger partial charge in [0.2, 0.25) is 0 Å². The van der Waals surface area contributed by atoms with E-state index < -0.39 is 6.10 Å². The maximum absolute atomic E-state index is 12.4. The molecule has 1 amide bonds. The summed E-state index contributed by atoms with van der Waals surface area (Å²) in [6.07, 6.45) is -0.677. The number of fused-ring (bicyclic) bond motifs is 1. The van der Waals surface area contributed by atoms with Crippen LogP contribution in [0, 0.1) is 0 Å². The predicted octanol–water partition coefficient (Wildman–Crippen LogP) is 1.26. The number of aliphatic hydroxyl groups excluding tert-OH is 1. The molecule has 0 aliphatic heterocycles. The highest BCUT2D eigenvalue weighted by molar-refractivity contribution is 5.98. The summed E-state index contributed by atoms with van der Waals surface area (Å²) < 4.78 is 6.74. The highest BCUT2D eigenvalue weighted by Gasteiger charge is 2.19. The molecule has 0 saturated heterocycles. The van der Waals surface area contributed by atoms with Crippen molar-refractivity contribution < 1.29 is 14.6 Å². The number of aryl methyl sites for hydroxylation is 1. The van der Waals surface area contributed by atoms with E-state index in [4.69, 9.17) is 4.74 Å². The number of ether oxygens (including phenoxy) is 1. The number of likely N-dealkylation sites (N-methyl/N-ethyl adjacent to an activating group) is 1. The van der Waals surface area contributed by atoms with Crippen LogP contribution >= 0.6 is 0 Å². The lowest BCUT2D eigenvalue weighted by Crippen LogP contribution is -2.36. The topological polar surface area (TPSA) is 54.7 Å². The van der Waals surface area contributed by atoms with Gasteiger partial charge in [0.15, 0.2) is 0 Å². The highest BCUT2D eigenvalue weighted by atomic mass is 16.5. The van der Waals surface area contributed by atoms with E-state index in [0.717, 1.165) is 10.9 Å². The van der Waals surface area contributed by atoms with Crippen molar-refractivity contribution in [3.05, 3.63) is 36.0 Å². The van der Waals surface area contributed by atoms with Crippen LogP contribution in [0.1, 0.15) is 10.5 Å². The number of carbonyl (C=O) groups excluding carboxylic acids is 1. The molecule has 1 atom stereocenters. The second kappa shape index (κ2) is 6.07. The third-order valence-electron chi connectivity index (χ3n) is 3.36. The van der Waals surface area contributed by atoms with Gasteiger partial charge in [0.25, 0.3) is 5.91 Å². The number of carbonyl (C=O) groups is 1. The van der Waals surface area contributed by atoms with Gasteiger partial charge in [-0.3, -0.25) is 4.79 Å². The molecule has 0 aliphatic rings. The van der Waals surface area contributed by atoms with Crippen molar-refractivity contribution in [2.45, 2.75) is 6.10 Å². The first-order valence-corrected chi connectivity index (χ1v) is 6.51. The Balaban J connectivity index is 2.20. The number of hydrogen-bond donors (Lipinski definition) is 1. The Kier molecular flexibility index (Phi) is 4.42. The number of methoxy groups -OCH3 is 1. The fraction of sp³-hybridized carbons (Fsp3) is 0.400. The van der Waals surface area contributed by atoms with Crippen LogP contribution in [-0.4, -0.2) is 53.9 Å². The zero-order chi connectivity index (χ0) is 14.7. The van der Waals surface area contributed by atoms with Gasteiger partial charge in [-0.25, -0.2) is 0 Å². The molecule has 0 saturated carbocycles. The average Bonchev–Trinajstić information content (AvgIpc) is 2.76. The van der Waals surface area contributed by atoms with Gasteiger partial charge in [0, 0.05) is 38.7 Å². The van der Waals surface area contributed by atoms with Crippen molar-refractivity contribution in [2.24, 2.45) is 7.05 Å². The molecule has 1 N–H and O–H groups in total.